The summed E-state index contributed by atoms with van der Waals surface area (Å²) in [4.78, 5) is 12.8. The molecular weight excluding hydrogens is 572 g/mol. The van der Waals surface area contributed by atoms with Gasteiger partial charge in [0.15, 0.2) is 0 Å². The lowest BCUT2D eigenvalue weighted by molar-refractivity contribution is -0.151. The third-order valence-electron chi connectivity index (χ3n) is 14.8. The van der Waals surface area contributed by atoms with Gasteiger partial charge in [-0.25, -0.2) is 0 Å². The van der Waals surface area contributed by atoms with Crippen molar-refractivity contribution >= 4 is 5.97 Å². The maximum absolute atomic E-state index is 12.8. The number of allylic oxidation sites excluding steroid dienone is 2. The van der Waals surface area contributed by atoms with Gasteiger partial charge in [0.25, 0.3) is 0 Å². The third-order valence-corrected chi connectivity index (χ3v) is 14.8. The molecule has 0 aromatic carbocycles. The minimum atomic E-state index is 0.0593. The number of fused-ring (bicyclic) bond motifs is 5. The number of hydrogen-bond donors (Lipinski definition) is 0. The molecule has 0 N–H and O–H groups in total. The lowest BCUT2D eigenvalue weighted by Crippen LogP contribution is -2.51. The van der Waals surface area contributed by atoms with Crippen molar-refractivity contribution in [3.8, 4) is 0 Å². The third kappa shape index (κ3) is 10.0. The zero-order valence-electron chi connectivity index (χ0n) is 32.3. The molecule has 0 bridgehead atoms. The summed E-state index contributed by atoms with van der Waals surface area (Å²) in [7, 11) is 0. The molecule has 3 fully saturated rings. The molecule has 0 heterocycles. The van der Waals surface area contributed by atoms with E-state index in [2.05, 4.69) is 54.2 Å². The smallest absolute Gasteiger partial charge is 0.306 e. The lowest BCUT2D eigenvalue weighted by Gasteiger charge is -2.58. The van der Waals surface area contributed by atoms with Crippen molar-refractivity contribution in [3.05, 3.63) is 23.8 Å². The van der Waals surface area contributed by atoms with Gasteiger partial charge in [0.1, 0.15) is 6.10 Å². The maximum Gasteiger partial charge on any atom is 0.306 e. The van der Waals surface area contributed by atoms with Crippen molar-refractivity contribution in [1.29, 1.82) is 0 Å². The predicted octanol–water partition coefficient (Wildman–Crippen LogP) is 14.0. The van der Waals surface area contributed by atoms with Gasteiger partial charge in [0.2, 0.25) is 0 Å². The van der Waals surface area contributed by atoms with Crippen LogP contribution >= 0.6 is 0 Å². The van der Waals surface area contributed by atoms with E-state index >= 15 is 0 Å². The van der Waals surface area contributed by atoms with Crippen LogP contribution in [0.15, 0.2) is 23.8 Å². The van der Waals surface area contributed by atoms with Gasteiger partial charge in [-0.2, -0.15) is 0 Å². The number of carbonyl (C=O) groups is 1. The zero-order chi connectivity index (χ0) is 33.9. The zero-order valence-corrected chi connectivity index (χ0v) is 32.3. The van der Waals surface area contributed by atoms with Crippen molar-refractivity contribution in [1.82, 2.24) is 0 Å². The topological polar surface area (TPSA) is 26.3 Å². The van der Waals surface area contributed by atoms with Gasteiger partial charge in [-0.05, 0) is 124 Å². The van der Waals surface area contributed by atoms with Crippen molar-refractivity contribution in [2.24, 2.45) is 46.3 Å². The maximum atomic E-state index is 12.8. The van der Waals surface area contributed by atoms with Crippen molar-refractivity contribution < 1.29 is 9.53 Å². The van der Waals surface area contributed by atoms with Crippen molar-refractivity contribution in [3.63, 3.8) is 0 Å². The van der Waals surface area contributed by atoms with E-state index in [1.807, 2.05) is 0 Å². The minimum Gasteiger partial charge on any atom is -0.462 e. The Labute approximate surface area is 293 Å². The first-order valence-electron chi connectivity index (χ1n) is 21.2. The molecule has 4 rings (SSSR count). The predicted molar refractivity (Wildman–Crippen MR) is 202 cm³/mol. The molecule has 3 saturated carbocycles. The van der Waals surface area contributed by atoms with Crippen LogP contribution in [0, 0.1) is 46.3 Å². The van der Waals surface area contributed by atoms with E-state index in [1.54, 1.807) is 5.57 Å². The Kier molecular flexibility index (Phi) is 15.5. The molecule has 0 radical (unpaired) electrons. The number of unbranched alkanes of at least 4 members (excludes halogenated alkanes) is 12. The molecule has 4 aliphatic carbocycles. The summed E-state index contributed by atoms with van der Waals surface area (Å²) in [5.41, 5.74) is 3.86. The fourth-order valence-electron chi connectivity index (χ4n) is 11.7. The average Bonchev–Trinajstić information content (AvgIpc) is 3.41. The van der Waals surface area contributed by atoms with Crippen LogP contribution in [0.25, 0.3) is 0 Å². The molecule has 9 atom stereocenters. The van der Waals surface area contributed by atoms with E-state index in [9.17, 15) is 4.79 Å². The number of rotatable bonds is 21. The molecule has 4 aliphatic rings. The normalized spacial score (nSPS) is 32.9. The van der Waals surface area contributed by atoms with Crippen LogP contribution in [0.5, 0.6) is 0 Å². The fraction of sp³-hybridized carbons (Fsp3) is 0.889. The molecule has 0 amide bonds. The summed E-state index contributed by atoms with van der Waals surface area (Å²) in [5.74, 6) is 5.04. The number of carbonyl (C=O) groups excluding carboxylic acids is 1. The van der Waals surface area contributed by atoms with Crippen LogP contribution in [0.4, 0.5) is 0 Å². The van der Waals surface area contributed by atoms with E-state index in [1.165, 1.54) is 140 Å². The van der Waals surface area contributed by atoms with E-state index in [0.29, 0.717) is 23.2 Å². The van der Waals surface area contributed by atoms with Gasteiger partial charge in [-0.3, -0.25) is 4.79 Å². The fourth-order valence-corrected chi connectivity index (χ4v) is 11.7. The van der Waals surface area contributed by atoms with Gasteiger partial charge in [-0.15, -0.1) is 0 Å². The van der Waals surface area contributed by atoms with Crippen LogP contribution in [-0.2, 0) is 9.53 Å². The molecule has 0 aromatic heterocycles. The van der Waals surface area contributed by atoms with E-state index in [0.717, 1.165) is 48.9 Å². The summed E-state index contributed by atoms with van der Waals surface area (Å²) >= 11 is 0. The molecule has 0 aromatic rings. The summed E-state index contributed by atoms with van der Waals surface area (Å²) in [6, 6.07) is 0. The lowest BCUT2D eigenvalue weighted by atomic mass is 9.47. The highest BCUT2D eigenvalue weighted by atomic mass is 16.5. The monoisotopic (exact) mass is 651 g/mol. The Morgan fingerprint density at radius 1 is 0.851 bits per heavy atom. The molecule has 270 valence electrons. The van der Waals surface area contributed by atoms with Crippen LogP contribution in [-0.4, -0.2) is 12.1 Å². The number of esters is 1. The van der Waals surface area contributed by atoms with Crippen molar-refractivity contribution in [2.75, 3.05) is 0 Å². The first-order valence-corrected chi connectivity index (χ1v) is 21.2. The molecule has 0 unspecified atom stereocenters. The van der Waals surface area contributed by atoms with Gasteiger partial charge >= 0.3 is 5.97 Å². The van der Waals surface area contributed by atoms with Gasteiger partial charge in [0.05, 0.1) is 0 Å². The van der Waals surface area contributed by atoms with E-state index in [-0.39, 0.29) is 12.1 Å². The standard InChI is InChI=1S/C45H78O2/c1-8-10-11-12-13-14-15-16-17-18-19-20-21-22-43(46)47-38-29-31-44(6)37(33-38)25-26-39-41-28-27-40(45(41,7)32-30-42(39)44)35(5)23-24-36(9-2)34(3)4/h25,35-36,38-42H,3,8-24,26-33H2,1-2,4-7H3/t35-,36+,38+,39+,40-,41+,42+,44+,45-/m1/s1. The average molecular weight is 651 g/mol. The van der Waals surface area contributed by atoms with Crippen LogP contribution < -0.4 is 0 Å². The molecule has 0 saturated heterocycles. The molecule has 2 nitrogen and oxygen atoms in total. The van der Waals surface area contributed by atoms with E-state index in [4.69, 9.17) is 4.74 Å². The summed E-state index contributed by atoms with van der Waals surface area (Å²) in [6.07, 6.45) is 34.9. The second kappa shape index (κ2) is 18.8. The molecule has 2 heteroatoms. The number of ether oxygens (including phenoxy) is 1. The van der Waals surface area contributed by atoms with E-state index < -0.39 is 0 Å². The Hall–Kier alpha value is -1.05. The van der Waals surface area contributed by atoms with Gasteiger partial charge in [0, 0.05) is 12.8 Å². The van der Waals surface area contributed by atoms with Gasteiger partial charge < -0.3 is 4.74 Å². The first kappa shape index (κ1) is 38.7. The quantitative estimate of drug-likeness (QED) is 0.0702. The second-order valence-electron chi connectivity index (χ2n) is 17.8. The highest BCUT2D eigenvalue weighted by Gasteiger charge is 2.59. The SMILES string of the molecule is C=C(C)[C@@H](CC)CC[C@@H](C)[C@H]1CC[C@H]2[C@@H]3CC=C4C[C@@H](OC(=O)CCCCCCCCCCCCCCC)CC[C@]4(C)[C@H]3CC[C@]12C. The largest absolute Gasteiger partial charge is 0.462 e. The number of hydrogen-bond acceptors (Lipinski definition) is 2. The van der Waals surface area contributed by atoms with Crippen LogP contribution in [0.1, 0.15) is 202 Å². The first-order chi connectivity index (χ1) is 22.6. The van der Waals surface area contributed by atoms with Crippen LogP contribution in [0.2, 0.25) is 0 Å². The molecular formula is C45H78O2. The summed E-state index contributed by atoms with van der Waals surface area (Å²) < 4.78 is 6.13. The van der Waals surface area contributed by atoms with Gasteiger partial charge in [-0.1, -0.05) is 135 Å². The van der Waals surface area contributed by atoms with Crippen molar-refractivity contribution in [2.45, 2.75) is 208 Å². The molecule has 0 spiro atoms. The molecule has 0 aliphatic heterocycles. The molecule has 47 heavy (non-hydrogen) atoms. The van der Waals surface area contributed by atoms with Crippen LogP contribution in [0.3, 0.4) is 0 Å². The second-order valence-corrected chi connectivity index (χ2v) is 17.8. The Bertz CT molecular complexity index is 994. The summed E-state index contributed by atoms with van der Waals surface area (Å²) in [6.45, 7) is 19.0. The Morgan fingerprint density at radius 2 is 1.49 bits per heavy atom. The Balaban J connectivity index is 1.16. The summed E-state index contributed by atoms with van der Waals surface area (Å²) in [5, 5.41) is 0. The highest BCUT2D eigenvalue weighted by molar-refractivity contribution is 5.69. The minimum absolute atomic E-state index is 0.0593. The highest BCUT2D eigenvalue weighted by Crippen LogP contribution is 2.67. The Morgan fingerprint density at radius 3 is 2.11 bits per heavy atom.